The molecule has 6 nitrogen and oxygen atoms in total. The third-order valence-electron chi connectivity index (χ3n) is 3.60. The summed E-state index contributed by atoms with van der Waals surface area (Å²) in [7, 11) is 0. The Morgan fingerprint density at radius 1 is 1.16 bits per heavy atom. The predicted molar refractivity (Wildman–Crippen MR) is 73.4 cm³/mol. The first-order chi connectivity index (χ1) is 9.24. The lowest BCUT2D eigenvalue weighted by molar-refractivity contribution is -0.117. The molecule has 3 rings (SSSR count). The average molecular weight is 261 g/mol. The van der Waals surface area contributed by atoms with E-state index in [2.05, 4.69) is 20.2 Å². The number of hydrogen-bond donors (Lipinski definition) is 1. The molecule has 0 radical (unpaired) electrons. The van der Waals surface area contributed by atoms with Gasteiger partial charge in [0.05, 0.1) is 0 Å². The van der Waals surface area contributed by atoms with Crippen LogP contribution in [0.1, 0.15) is 18.7 Å². The van der Waals surface area contributed by atoms with E-state index in [1.54, 1.807) is 4.90 Å². The second-order valence-electron chi connectivity index (χ2n) is 5.02. The van der Waals surface area contributed by atoms with Crippen LogP contribution in [0.4, 0.5) is 11.6 Å². The molecule has 19 heavy (non-hydrogen) atoms. The zero-order chi connectivity index (χ0) is 13.2. The van der Waals surface area contributed by atoms with Crippen molar-refractivity contribution in [3.05, 3.63) is 11.9 Å². The lowest BCUT2D eigenvalue weighted by Crippen LogP contribution is -2.44. The summed E-state index contributed by atoms with van der Waals surface area (Å²) < 4.78 is 0. The van der Waals surface area contributed by atoms with Crippen LogP contribution in [0, 0.1) is 6.92 Å². The van der Waals surface area contributed by atoms with Crippen molar-refractivity contribution in [2.24, 2.45) is 0 Å². The third kappa shape index (κ3) is 2.53. The molecule has 0 atom stereocenters. The van der Waals surface area contributed by atoms with Gasteiger partial charge in [0, 0.05) is 45.2 Å². The van der Waals surface area contributed by atoms with E-state index in [-0.39, 0.29) is 5.91 Å². The Morgan fingerprint density at radius 2 is 1.89 bits per heavy atom. The van der Waals surface area contributed by atoms with Crippen molar-refractivity contribution in [2.45, 2.75) is 19.8 Å². The summed E-state index contributed by atoms with van der Waals surface area (Å²) in [5, 5.41) is 3.33. The second-order valence-corrected chi connectivity index (χ2v) is 5.02. The number of anilines is 2. The SMILES string of the molecule is Cc1nc(N2CCNCC2)cc(N2CCCC2=O)n1. The lowest BCUT2D eigenvalue weighted by Gasteiger charge is -2.29. The van der Waals surface area contributed by atoms with Crippen LogP contribution in [0.3, 0.4) is 0 Å². The molecule has 2 saturated heterocycles. The fraction of sp³-hybridized carbons (Fsp3) is 0.615. The summed E-state index contributed by atoms with van der Waals surface area (Å²) in [6, 6.07) is 1.95. The van der Waals surface area contributed by atoms with Crippen LogP contribution in [0.2, 0.25) is 0 Å². The summed E-state index contributed by atoms with van der Waals surface area (Å²) in [4.78, 5) is 24.8. The van der Waals surface area contributed by atoms with Gasteiger partial charge in [0.2, 0.25) is 5.91 Å². The van der Waals surface area contributed by atoms with Crippen molar-refractivity contribution < 1.29 is 4.79 Å². The smallest absolute Gasteiger partial charge is 0.228 e. The van der Waals surface area contributed by atoms with E-state index in [9.17, 15) is 4.79 Å². The van der Waals surface area contributed by atoms with Crippen LogP contribution in [0.15, 0.2) is 6.07 Å². The summed E-state index contributed by atoms with van der Waals surface area (Å²) in [5.74, 6) is 2.59. The Labute approximate surface area is 112 Å². The van der Waals surface area contributed by atoms with Gasteiger partial charge in [-0.25, -0.2) is 9.97 Å². The molecule has 102 valence electrons. The summed E-state index contributed by atoms with van der Waals surface area (Å²) in [5.41, 5.74) is 0. The highest BCUT2D eigenvalue weighted by Crippen LogP contribution is 2.23. The van der Waals surface area contributed by atoms with E-state index in [0.29, 0.717) is 6.42 Å². The monoisotopic (exact) mass is 261 g/mol. The number of carbonyl (C=O) groups excluding carboxylic acids is 1. The van der Waals surface area contributed by atoms with E-state index in [1.165, 1.54) is 0 Å². The largest absolute Gasteiger partial charge is 0.354 e. The van der Waals surface area contributed by atoms with E-state index in [1.807, 2.05) is 13.0 Å². The fourth-order valence-electron chi connectivity index (χ4n) is 2.62. The molecule has 2 fully saturated rings. The van der Waals surface area contributed by atoms with Crippen LogP contribution in [0.25, 0.3) is 0 Å². The molecule has 2 aliphatic rings. The molecule has 0 saturated carbocycles. The van der Waals surface area contributed by atoms with Gasteiger partial charge in [-0.05, 0) is 13.3 Å². The number of amides is 1. The first-order valence-electron chi connectivity index (χ1n) is 6.86. The number of aromatic nitrogens is 2. The first kappa shape index (κ1) is 12.3. The van der Waals surface area contributed by atoms with Gasteiger partial charge in [0.25, 0.3) is 0 Å². The highest BCUT2D eigenvalue weighted by molar-refractivity contribution is 5.94. The van der Waals surface area contributed by atoms with E-state index in [0.717, 1.165) is 56.6 Å². The number of rotatable bonds is 2. The molecule has 1 amide bonds. The molecule has 0 unspecified atom stereocenters. The topological polar surface area (TPSA) is 61.4 Å². The van der Waals surface area contributed by atoms with E-state index >= 15 is 0 Å². The van der Waals surface area contributed by atoms with Crippen molar-refractivity contribution in [2.75, 3.05) is 42.5 Å². The molecule has 1 aromatic rings. The zero-order valence-corrected chi connectivity index (χ0v) is 11.2. The fourth-order valence-corrected chi connectivity index (χ4v) is 2.62. The average Bonchev–Trinajstić information content (AvgIpc) is 2.85. The van der Waals surface area contributed by atoms with Gasteiger partial charge in [0.15, 0.2) is 0 Å². The molecule has 0 bridgehead atoms. The highest BCUT2D eigenvalue weighted by Gasteiger charge is 2.24. The maximum Gasteiger partial charge on any atom is 0.228 e. The second kappa shape index (κ2) is 5.13. The number of nitrogens with zero attached hydrogens (tertiary/aromatic N) is 4. The molecule has 3 heterocycles. The van der Waals surface area contributed by atoms with Gasteiger partial charge < -0.3 is 10.2 Å². The molecule has 1 aromatic heterocycles. The molecule has 6 heteroatoms. The van der Waals surface area contributed by atoms with Crippen LogP contribution >= 0.6 is 0 Å². The van der Waals surface area contributed by atoms with Crippen molar-refractivity contribution >= 4 is 17.5 Å². The van der Waals surface area contributed by atoms with E-state index < -0.39 is 0 Å². The van der Waals surface area contributed by atoms with Gasteiger partial charge in [-0.3, -0.25) is 9.69 Å². The molecule has 1 N–H and O–H groups in total. The van der Waals surface area contributed by atoms with Gasteiger partial charge in [-0.2, -0.15) is 0 Å². The Bertz CT molecular complexity index is 484. The predicted octanol–water partition coefficient (Wildman–Crippen LogP) is 0.321. The van der Waals surface area contributed by atoms with E-state index in [4.69, 9.17) is 0 Å². The quantitative estimate of drug-likeness (QED) is 0.831. The zero-order valence-electron chi connectivity index (χ0n) is 11.2. The number of aryl methyl sites for hydroxylation is 1. The van der Waals surface area contributed by atoms with Crippen molar-refractivity contribution in [3.8, 4) is 0 Å². The Hall–Kier alpha value is -1.69. The van der Waals surface area contributed by atoms with Crippen LogP contribution < -0.4 is 15.1 Å². The molecule has 0 aromatic carbocycles. The van der Waals surface area contributed by atoms with Gasteiger partial charge in [0.1, 0.15) is 17.5 Å². The maximum absolute atomic E-state index is 11.8. The lowest BCUT2D eigenvalue weighted by atomic mass is 10.3. The Morgan fingerprint density at radius 3 is 2.58 bits per heavy atom. The normalized spacial score (nSPS) is 20.2. The van der Waals surface area contributed by atoms with Crippen molar-refractivity contribution in [1.29, 1.82) is 0 Å². The molecular weight excluding hydrogens is 242 g/mol. The minimum atomic E-state index is 0.171. The third-order valence-corrected chi connectivity index (χ3v) is 3.60. The van der Waals surface area contributed by atoms with Gasteiger partial charge >= 0.3 is 0 Å². The standard InChI is InChI=1S/C13H19N5O/c1-10-15-11(17-7-4-14-5-8-17)9-12(16-10)18-6-2-3-13(18)19/h9,14H,2-8H2,1H3. The number of hydrogen-bond acceptors (Lipinski definition) is 5. The molecule has 2 aliphatic heterocycles. The first-order valence-corrected chi connectivity index (χ1v) is 6.86. The highest BCUT2D eigenvalue weighted by atomic mass is 16.2. The number of carbonyl (C=O) groups is 1. The Balaban J connectivity index is 1.88. The molecule has 0 spiro atoms. The minimum absolute atomic E-state index is 0.171. The molecular formula is C13H19N5O. The molecule has 0 aliphatic carbocycles. The van der Waals surface area contributed by atoms with Crippen LogP contribution in [-0.4, -0.2) is 48.6 Å². The van der Waals surface area contributed by atoms with Gasteiger partial charge in [-0.15, -0.1) is 0 Å². The van der Waals surface area contributed by atoms with Crippen molar-refractivity contribution in [3.63, 3.8) is 0 Å². The number of nitrogens with one attached hydrogen (secondary N) is 1. The van der Waals surface area contributed by atoms with Gasteiger partial charge in [-0.1, -0.05) is 0 Å². The summed E-state index contributed by atoms with van der Waals surface area (Å²) in [6.07, 6.45) is 1.55. The van der Waals surface area contributed by atoms with Crippen molar-refractivity contribution in [1.82, 2.24) is 15.3 Å². The van der Waals surface area contributed by atoms with Crippen LogP contribution in [-0.2, 0) is 4.79 Å². The Kier molecular flexibility index (Phi) is 3.33. The maximum atomic E-state index is 11.8. The summed E-state index contributed by atoms with van der Waals surface area (Å²) >= 11 is 0. The van der Waals surface area contributed by atoms with Crippen LogP contribution in [0.5, 0.6) is 0 Å². The number of piperazine rings is 1. The minimum Gasteiger partial charge on any atom is -0.354 e. The summed E-state index contributed by atoms with van der Waals surface area (Å²) in [6.45, 7) is 6.50.